The van der Waals surface area contributed by atoms with Gasteiger partial charge in [-0.25, -0.2) is 0 Å². The lowest BCUT2D eigenvalue weighted by molar-refractivity contribution is 0.0921. The molecule has 0 saturated heterocycles. The van der Waals surface area contributed by atoms with E-state index in [4.69, 9.17) is 16.0 Å². The smallest absolute Gasteiger partial charge is 0.287 e. The molecule has 1 aromatic carbocycles. The summed E-state index contributed by atoms with van der Waals surface area (Å²) < 4.78 is 5.33. The highest BCUT2D eigenvalue weighted by atomic mass is 35.5. The molecule has 2 N–H and O–H groups in total. The number of aryl methyl sites for hydroxylation is 1. The summed E-state index contributed by atoms with van der Waals surface area (Å²) in [7, 11) is 0. The van der Waals surface area contributed by atoms with Crippen LogP contribution in [0.25, 0.3) is 0 Å². The van der Waals surface area contributed by atoms with Crippen LogP contribution >= 0.6 is 11.6 Å². The number of hydrogen-bond acceptors (Lipinski definition) is 3. The van der Waals surface area contributed by atoms with Crippen molar-refractivity contribution in [2.75, 3.05) is 0 Å². The summed E-state index contributed by atoms with van der Waals surface area (Å²) in [5, 5.41) is 12.3. The Morgan fingerprint density at radius 2 is 2.11 bits per heavy atom. The number of furan rings is 1. The van der Waals surface area contributed by atoms with E-state index in [1.165, 1.54) is 0 Å². The van der Waals surface area contributed by atoms with Crippen LogP contribution in [0.5, 0.6) is 5.75 Å². The number of rotatable bonds is 4. The van der Waals surface area contributed by atoms with Crippen molar-refractivity contribution in [3.8, 4) is 5.75 Å². The van der Waals surface area contributed by atoms with Crippen LogP contribution in [0.4, 0.5) is 0 Å². The summed E-state index contributed by atoms with van der Waals surface area (Å²) in [5.74, 6) is 0.996. The monoisotopic (exact) mass is 279 g/mol. The SMILES string of the molecule is Cc1oc(C(=O)NCc2ccccc2O)cc1CCl. The van der Waals surface area contributed by atoms with Gasteiger partial charge in [-0.1, -0.05) is 18.2 Å². The predicted octanol–water partition coefficient (Wildman–Crippen LogP) is 2.96. The molecular formula is C14H14ClNO3. The molecule has 19 heavy (non-hydrogen) atoms. The Kier molecular flexibility index (Phi) is 4.12. The molecule has 1 aromatic heterocycles. The molecule has 5 heteroatoms. The highest BCUT2D eigenvalue weighted by Crippen LogP contribution is 2.18. The van der Waals surface area contributed by atoms with E-state index >= 15 is 0 Å². The Labute approximate surface area is 116 Å². The predicted molar refractivity (Wildman–Crippen MR) is 72.3 cm³/mol. The quantitative estimate of drug-likeness (QED) is 0.846. The molecule has 2 aromatic rings. The second kappa shape index (κ2) is 5.80. The second-order valence-electron chi connectivity index (χ2n) is 4.14. The summed E-state index contributed by atoms with van der Waals surface area (Å²) in [4.78, 5) is 11.9. The molecule has 0 fully saturated rings. The van der Waals surface area contributed by atoms with Gasteiger partial charge in [0.1, 0.15) is 11.5 Å². The van der Waals surface area contributed by atoms with E-state index < -0.39 is 0 Å². The molecular weight excluding hydrogens is 266 g/mol. The van der Waals surface area contributed by atoms with E-state index in [0.717, 1.165) is 5.56 Å². The summed E-state index contributed by atoms with van der Waals surface area (Å²) in [6.45, 7) is 2.00. The number of para-hydroxylation sites is 1. The zero-order valence-corrected chi connectivity index (χ0v) is 11.2. The van der Waals surface area contributed by atoms with Crippen LogP contribution in [0.3, 0.4) is 0 Å². The maximum Gasteiger partial charge on any atom is 0.287 e. The van der Waals surface area contributed by atoms with Crippen molar-refractivity contribution >= 4 is 17.5 Å². The van der Waals surface area contributed by atoms with Crippen LogP contribution in [0.1, 0.15) is 27.4 Å². The van der Waals surface area contributed by atoms with Gasteiger partial charge >= 0.3 is 0 Å². The molecule has 4 nitrogen and oxygen atoms in total. The lowest BCUT2D eigenvalue weighted by Gasteiger charge is -2.05. The minimum absolute atomic E-state index is 0.153. The van der Waals surface area contributed by atoms with Gasteiger partial charge < -0.3 is 14.8 Å². The Morgan fingerprint density at radius 3 is 2.74 bits per heavy atom. The minimum atomic E-state index is -0.331. The van der Waals surface area contributed by atoms with E-state index in [0.29, 0.717) is 17.2 Å². The first-order valence-electron chi connectivity index (χ1n) is 5.82. The Bertz CT molecular complexity index is 592. The standard InChI is InChI=1S/C14H14ClNO3/c1-9-11(7-15)6-13(19-9)14(18)16-8-10-4-2-3-5-12(10)17/h2-6,17H,7-8H2,1H3,(H,16,18). The third-order valence-corrected chi connectivity index (χ3v) is 3.11. The third-order valence-electron chi connectivity index (χ3n) is 2.82. The molecule has 0 spiro atoms. The van der Waals surface area contributed by atoms with E-state index in [1.807, 2.05) is 0 Å². The summed E-state index contributed by atoms with van der Waals surface area (Å²) >= 11 is 5.72. The van der Waals surface area contributed by atoms with E-state index in [-0.39, 0.29) is 24.0 Å². The van der Waals surface area contributed by atoms with Crippen molar-refractivity contribution in [3.05, 3.63) is 53.0 Å². The van der Waals surface area contributed by atoms with E-state index in [1.54, 1.807) is 37.3 Å². The molecule has 0 aliphatic rings. The van der Waals surface area contributed by atoms with E-state index in [2.05, 4.69) is 5.32 Å². The van der Waals surface area contributed by atoms with Gasteiger partial charge in [0.05, 0.1) is 5.88 Å². The molecule has 0 saturated carbocycles. The molecule has 0 unspecified atom stereocenters. The van der Waals surface area contributed by atoms with Gasteiger partial charge in [0.25, 0.3) is 5.91 Å². The van der Waals surface area contributed by atoms with Crippen LogP contribution in [0.15, 0.2) is 34.7 Å². The normalized spacial score (nSPS) is 10.4. The summed E-state index contributed by atoms with van der Waals surface area (Å²) in [6, 6.07) is 8.47. The van der Waals surface area contributed by atoms with E-state index in [9.17, 15) is 9.90 Å². The molecule has 0 atom stereocenters. The van der Waals surface area contributed by atoms with Gasteiger partial charge in [0, 0.05) is 17.7 Å². The van der Waals surface area contributed by atoms with Crippen molar-refractivity contribution in [2.45, 2.75) is 19.3 Å². The number of phenols is 1. The maximum absolute atomic E-state index is 11.9. The highest BCUT2D eigenvalue weighted by molar-refractivity contribution is 6.17. The van der Waals surface area contributed by atoms with Crippen molar-refractivity contribution in [1.29, 1.82) is 0 Å². The molecule has 1 heterocycles. The fraction of sp³-hybridized carbons (Fsp3) is 0.214. The average Bonchev–Trinajstić information content (AvgIpc) is 2.79. The first kappa shape index (κ1) is 13.5. The van der Waals surface area contributed by atoms with Crippen molar-refractivity contribution < 1.29 is 14.3 Å². The van der Waals surface area contributed by atoms with Crippen LogP contribution in [0.2, 0.25) is 0 Å². The lowest BCUT2D eigenvalue weighted by Crippen LogP contribution is -2.22. The Morgan fingerprint density at radius 1 is 1.37 bits per heavy atom. The number of hydrogen-bond donors (Lipinski definition) is 2. The summed E-state index contributed by atoms with van der Waals surface area (Å²) in [5.41, 5.74) is 1.45. The number of phenolic OH excluding ortho intramolecular Hbond substituents is 1. The zero-order chi connectivity index (χ0) is 13.8. The summed E-state index contributed by atoms with van der Waals surface area (Å²) in [6.07, 6.45) is 0. The molecule has 0 radical (unpaired) electrons. The number of carbonyl (C=O) groups is 1. The zero-order valence-electron chi connectivity index (χ0n) is 10.4. The maximum atomic E-state index is 11.9. The molecule has 100 valence electrons. The Balaban J connectivity index is 2.03. The molecule has 2 rings (SSSR count). The van der Waals surface area contributed by atoms with Crippen LogP contribution in [-0.4, -0.2) is 11.0 Å². The first-order valence-corrected chi connectivity index (χ1v) is 6.35. The second-order valence-corrected chi connectivity index (χ2v) is 4.40. The minimum Gasteiger partial charge on any atom is -0.508 e. The number of aromatic hydroxyl groups is 1. The largest absolute Gasteiger partial charge is 0.508 e. The topological polar surface area (TPSA) is 62.5 Å². The number of alkyl halides is 1. The number of benzene rings is 1. The fourth-order valence-electron chi connectivity index (χ4n) is 1.69. The van der Waals surface area contributed by atoms with Crippen molar-refractivity contribution in [3.63, 3.8) is 0 Å². The van der Waals surface area contributed by atoms with Gasteiger partial charge in [-0.05, 0) is 19.1 Å². The van der Waals surface area contributed by atoms with Gasteiger partial charge in [-0.2, -0.15) is 0 Å². The van der Waals surface area contributed by atoms with Gasteiger partial charge in [-0.3, -0.25) is 4.79 Å². The lowest BCUT2D eigenvalue weighted by atomic mass is 10.2. The van der Waals surface area contributed by atoms with Crippen LogP contribution < -0.4 is 5.32 Å². The third kappa shape index (κ3) is 3.09. The first-order chi connectivity index (χ1) is 9.11. The fourth-order valence-corrected chi connectivity index (χ4v) is 1.95. The number of amides is 1. The van der Waals surface area contributed by atoms with Crippen molar-refractivity contribution in [2.24, 2.45) is 0 Å². The van der Waals surface area contributed by atoms with Crippen LogP contribution in [0, 0.1) is 6.92 Å². The number of nitrogens with one attached hydrogen (secondary N) is 1. The number of carbonyl (C=O) groups excluding carboxylic acids is 1. The average molecular weight is 280 g/mol. The molecule has 0 aliphatic carbocycles. The Hall–Kier alpha value is -1.94. The van der Waals surface area contributed by atoms with Gasteiger partial charge in [0.15, 0.2) is 5.76 Å². The molecule has 1 amide bonds. The van der Waals surface area contributed by atoms with Gasteiger partial charge in [-0.15, -0.1) is 11.6 Å². The number of halogens is 1. The van der Waals surface area contributed by atoms with Crippen molar-refractivity contribution in [1.82, 2.24) is 5.32 Å². The molecule has 0 bridgehead atoms. The van der Waals surface area contributed by atoms with Crippen LogP contribution in [-0.2, 0) is 12.4 Å². The van der Waals surface area contributed by atoms with Gasteiger partial charge in [0.2, 0.25) is 0 Å². The highest BCUT2D eigenvalue weighted by Gasteiger charge is 2.14. The molecule has 0 aliphatic heterocycles.